The highest BCUT2D eigenvalue weighted by atomic mass is 35.5. The molecule has 2 aromatic rings. The number of nitrogens with one attached hydrogen (secondary N) is 1. The van der Waals surface area contributed by atoms with Crippen LogP contribution in [0.4, 0.5) is 15.8 Å². The first-order chi connectivity index (χ1) is 11.3. The third-order valence-corrected chi connectivity index (χ3v) is 4.21. The van der Waals surface area contributed by atoms with E-state index in [0.717, 1.165) is 6.07 Å². The number of hydrogen-bond acceptors (Lipinski definition) is 2. The van der Waals surface area contributed by atoms with E-state index in [-0.39, 0.29) is 27.5 Å². The molecule has 0 aromatic heterocycles. The van der Waals surface area contributed by atoms with Gasteiger partial charge in [0, 0.05) is 12.6 Å². The zero-order chi connectivity index (χ0) is 17.9. The summed E-state index contributed by atoms with van der Waals surface area (Å²) < 4.78 is 13.1. The van der Waals surface area contributed by atoms with E-state index >= 15 is 0 Å². The smallest absolute Gasteiger partial charge is 0.244 e. The van der Waals surface area contributed by atoms with Gasteiger partial charge in [-0.05, 0) is 30.3 Å². The topological polar surface area (TPSA) is 49.4 Å². The van der Waals surface area contributed by atoms with Crippen molar-refractivity contribution in [1.29, 1.82) is 0 Å². The maximum Gasteiger partial charge on any atom is 0.244 e. The van der Waals surface area contributed by atoms with Crippen molar-refractivity contribution >= 4 is 58.0 Å². The lowest BCUT2D eigenvalue weighted by molar-refractivity contribution is -0.120. The largest absolute Gasteiger partial charge is 0.324 e. The van der Waals surface area contributed by atoms with E-state index in [1.807, 2.05) is 0 Å². The summed E-state index contributed by atoms with van der Waals surface area (Å²) >= 11 is 17.7. The molecule has 1 N–H and O–H groups in total. The molecule has 8 heteroatoms. The number of amides is 2. The van der Waals surface area contributed by atoms with Gasteiger partial charge in [-0.2, -0.15) is 0 Å². The van der Waals surface area contributed by atoms with Gasteiger partial charge < -0.3 is 10.2 Å². The number of carbonyl (C=O) groups excluding carboxylic acids is 2. The first-order valence-corrected chi connectivity index (χ1v) is 7.90. The molecule has 0 radical (unpaired) electrons. The molecule has 2 aromatic carbocycles. The molecule has 0 bridgehead atoms. The molecule has 0 heterocycles. The number of hydrogen-bond donors (Lipinski definition) is 1. The maximum atomic E-state index is 13.1. The van der Waals surface area contributed by atoms with Gasteiger partial charge in [0.05, 0.1) is 20.8 Å². The highest BCUT2D eigenvalue weighted by Crippen LogP contribution is 2.32. The lowest BCUT2D eigenvalue weighted by Gasteiger charge is -2.22. The highest BCUT2D eigenvalue weighted by Gasteiger charge is 2.19. The highest BCUT2D eigenvalue weighted by molar-refractivity contribution is 6.44. The molecular weight excluding hydrogens is 378 g/mol. The third kappa shape index (κ3) is 4.38. The summed E-state index contributed by atoms with van der Waals surface area (Å²) in [6.07, 6.45) is 0. The Balaban J connectivity index is 2.18. The second kappa shape index (κ2) is 7.83. The van der Waals surface area contributed by atoms with Crippen molar-refractivity contribution in [2.45, 2.75) is 6.92 Å². The Morgan fingerprint density at radius 3 is 2.46 bits per heavy atom. The van der Waals surface area contributed by atoms with Gasteiger partial charge in [-0.15, -0.1) is 0 Å². The maximum absolute atomic E-state index is 13.1. The van der Waals surface area contributed by atoms with E-state index < -0.39 is 11.7 Å². The minimum atomic E-state index is -0.592. The van der Waals surface area contributed by atoms with Crippen LogP contribution in [0.2, 0.25) is 15.1 Å². The summed E-state index contributed by atoms with van der Waals surface area (Å²) in [5, 5.41) is 2.87. The van der Waals surface area contributed by atoms with E-state index in [1.165, 1.54) is 24.0 Å². The summed E-state index contributed by atoms with van der Waals surface area (Å²) in [5.74, 6) is -1.47. The molecular formula is C16H12Cl3FN2O2. The predicted molar refractivity (Wildman–Crippen MR) is 94.5 cm³/mol. The van der Waals surface area contributed by atoms with E-state index in [2.05, 4.69) is 5.32 Å². The minimum Gasteiger partial charge on any atom is -0.324 e. The fourth-order valence-electron chi connectivity index (χ4n) is 1.99. The molecule has 2 rings (SSSR count). The van der Waals surface area contributed by atoms with Crippen LogP contribution < -0.4 is 10.2 Å². The summed E-state index contributed by atoms with van der Waals surface area (Å²) in [7, 11) is 0. The van der Waals surface area contributed by atoms with Gasteiger partial charge in [0.25, 0.3) is 0 Å². The molecule has 0 fully saturated rings. The van der Waals surface area contributed by atoms with Gasteiger partial charge in [0.2, 0.25) is 11.8 Å². The van der Waals surface area contributed by atoms with Crippen molar-refractivity contribution in [3.8, 4) is 0 Å². The van der Waals surface area contributed by atoms with Crippen molar-refractivity contribution < 1.29 is 14.0 Å². The summed E-state index contributed by atoms with van der Waals surface area (Å²) in [5.41, 5.74) is 0.635. The standard InChI is InChI=1S/C16H12Cl3FN2O2/c1-9(23)22(14-4-2-3-11(17)16(14)19)8-15(24)21-10-5-6-13(20)12(18)7-10/h2-7H,8H2,1H3,(H,21,24). The van der Waals surface area contributed by atoms with Crippen LogP contribution in [-0.4, -0.2) is 18.4 Å². The molecule has 0 saturated carbocycles. The average Bonchev–Trinajstić information content (AvgIpc) is 2.51. The summed E-state index contributed by atoms with van der Waals surface area (Å²) in [4.78, 5) is 25.2. The van der Waals surface area contributed by atoms with E-state index in [0.29, 0.717) is 11.4 Å². The number of carbonyl (C=O) groups is 2. The molecule has 0 spiro atoms. The number of anilines is 2. The first-order valence-electron chi connectivity index (χ1n) is 6.76. The number of benzene rings is 2. The Morgan fingerprint density at radius 1 is 1.12 bits per heavy atom. The van der Waals surface area contributed by atoms with Crippen LogP contribution in [-0.2, 0) is 9.59 Å². The Hall–Kier alpha value is -1.82. The van der Waals surface area contributed by atoms with Crippen LogP contribution in [0, 0.1) is 5.82 Å². The van der Waals surface area contributed by atoms with E-state index in [1.54, 1.807) is 18.2 Å². The van der Waals surface area contributed by atoms with Crippen molar-refractivity contribution in [2.75, 3.05) is 16.8 Å². The molecule has 0 aliphatic heterocycles. The SMILES string of the molecule is CC(=O)N(CC(=O)Nc1ccc(F)c(Cl)c1)c1cccc(Cl)c1Cl. The fraction of sp³-hybridized carbons (Fsp3) is 0.125. The quantitative estimate of drug-likeness (QED) is 0.818. The Labute approximate surface area is 153 Å². The molecule has 2 amide bonds. The second-order valence-electron chi connectivity index (χ2n) is 4.86. The van der Waals surface area contributed by atoms with Gasteiger partial charge in [0.1, 0.15) is 12.4 Å². The average molecular weight is 390 g/mol. The van der Waals surface area contributed by atoms with Crippen molar-refractivity contribution in [2.24, 2.45) is 0 Å². The molecule has 126 valence electrons. The number of halogens is 4. The second-order valence-corrected chi connectivity index (χ2v) is 6.05. The molecule has 0 aliphatic rings. The van der Waals surface area contributed by atoms with Crippen LogP contribution >= 0.6 is 34.8 Å². The summed E-state index contributed by atoms with van der Waals surface area (Å²) in [6.45, 7) is 1.02. The minimum absolute atomic E-state index is 0.117. The Kier molecular flexibility index (Phi) is 6.04. The van der Waals surface area contributed by atoms with Gasteiger partial charge in [-0.1, -0.05) is 40.9 Å². The van der Waals surface area contributed by atoms with Gasteiger partial charge >= 0.3 is 0 Å². The van der Waals surface area contributed by atoms with E-state index in [4.69, 9.17) is 34.8 Å². The molecule has 0 atom stereocenters. The van der Waals surface area contributed by atoms with Gasteiger partial charge in [-0.3, -0.25) is 9.59 Å². The zero-order valence-corrected chi connectivity index (χ0v) is 14.7. The van der Waals surface area contributed by atoms with Crippen LogP contribution in [0.1, 0.15) is 6.92 Å². The molecule has 0 aliphatic carbocycles. The number of rotatable bonds is 4. The monoisotopic (exact) mass is 388 g/mol. The third-order valence-electron chi connectivity index (χ3n) is 3.11. The molecule has 4 nitrogen and oxygen atoms in total. The molecule has 24 heavy (non-hydrogen) atoms. The number of nitrogens with zero attached hydrogens (tertiary/aromatic N) is 1. The zero-order valence-electron chi connectivity index (χ0n) is 12.4. The summed E-state index contributed by atoms with van der Waals surface area (Å²) in [6, 6.07) is 8.55. The van der Waals surface area contributed by atoms with Crippen molar-refractivity contribution in [3.63, 3.8) is 0 Å². The normalized spacial score (nSPS) is 10.4. The van der Waals surface area contributed by atoms with Crippen LogP contribution in [0.15, 0.2) is 36.4 Å². The van der Waals surface area contributed by atoms with Crippen LogP contribution in [0.3, 0.4) is 0 Å². The van der Waals surface area contributed by atoms with Gasteiger partial charge in [0.15, 0.2) is 0 Å². The Morgan fingerprint density at radius 2 is 1.83 bits per heavy atom. The van der Waals surface area contributed by atoms with Gasteiger partial charge in [-0.25, -0.2) is 4.39 Å². The Bertz CT molecular complexity index is 799. The first kappa shape index (κ1) is 18.5. The van der Waals surface area contributed by atoms with Crippen LogP contribution in [0.25, 0.3) is 0 Å². The molecule has 0 unspecified atom stereocenters. The lowest BCUT2D eigenvalue weighted by atomic mass is 10.2. The van der Waals surface area contributed by atoms with E-state index in [9.17, 15) is 14.0 Å². The van der Waals surface area contributed by atoms with Crippen molar-refractivity contribution in [1.82, 2.24) is 0 Å². The molecule has 0 saturated heterocycles. The predicted octanol–water partition coefficient (Wildman–Crippen LogP) is 4.78. The van der Waals surface area contributed by atoms with Crippen LogP contribution in [0.5, 0.6) is 0 Å². The lowest BCUT2D eigenvalue weighted by Crippen LogP contribution is -2.36. The van der Waals surface area contributed by atoms with Crippen molar-refractivity contribution in [3.05, 3.63) is 57.3 Å². The fourth-order valence-corrected chi connectivity index (χ4v) is 2.56.